The number of hydrogen-bond donors (Lipinski definition) is 3. The monoisotopic (exact) mass is 248 g/mol. The van der Waals surface area contributed by atoms with Gasteiger partial charge < -0.3 is 16.6 Å². The van der Waals surface area contributed by atoms with E-state index in [1.54, 1.807) is 0 Å². The van der Waals surface area contributed by atoms with Crippen molar-refractivity contribution in [1.29, 1.82) is 0 Å². The van der Waals surface area contributed by atoms with E-state index in [0.29, 0.717) is 0 Å². The van der Waals surface area contributed by atoms with E-state index in [4.69, 9.17) is 16.6 Å². The Morgan fingerprint density at radius 2 is 1.89 bits per heavy atom. The average molecular weight is 248 g/mol. The van der Waals surface area contributed by atoms with E-state index >= 15 is 0 Å². The summed E-state index contributed by atoms with van der Waals surface area (Å²) >= 11 is 0. The van der Waals surface area contributed by atoms with Gasteiger partial charge in [0.25, 0.3) is 0 Å². The van der Waals surface area contributed by atoms with Crippen LogP contribution in [0.25, 0.3) is 0 Å². The van der Waals surface area contributed by atoms with Gasteiger partial charge in [-0.1, -0.05) is 18.2 Å². The highest BCUT2D eigenvalue weighted by Gasteiger charge is 2.19. The molecule has 1 aliphatic rings. The Kier molecular flexibility index (Phi) is 3.99. The first kappa shape index (κ1) is 13.1. The SMILES string of the molecule is NC(CC(=O)O)C(N)c1ccc2c(c1)CCCC2. The van der Waals surface area contributed by atoms with Crippen molar-refractivity contribution in [2.75, 3.05) is 0 Å². The molecule has 2 unspecified atom stereocenters. The highest BCUT2D eigenvalue weighted by atomic mass is 16.4. The molecule has 1 aromatic carbocycles. The molecule has 2 rings (SSSR count). The molecule has 4 nitrogen and oxygen atoms in total. The molecule has 0 spiro atoms. The van der Waals surface area contributed by atoms with Crippen LogP contribution in [0.15, 0.2) is 18.2 Å². The normalized spacial score (nSPS) is 17.9. The van der Waals surface area contributed by atoms with Gasteiger partial charge in [0.1, 0.15) is 0 Å². The van der Waals surface area contributed by atoms with Crippen LogP contribution in [0, 0.1) is 0 Å². The minimum absolute atomic E-state index is 0.0990. The average Bonchev–Trinajstić information content (AvgIpc) is 2.36. The number of benzene rings is 1. The van der Waals surface area contributed by atoms with Crippen molar-refractivity contribution in [2.24, 2.45) is 11.5 Å². The molecule has 1 aliphatic carbocycles. The molecule has 1 aromatic rings. The van der Waals surface area contributed by atoms with Crippen molar-refractivity contribution in [3.05, 3.63) is 34.9 Å². The number of aryl methyl sites for hydroxylation is 2. The zero-order chi connectivity index (χ0) is 13.1. The highest BCUT2D eigenvalue weighted by molar-refractivity contribution is 5.67. The molecular weight excluding hydrogens is 228 g/mol. The first-order valence-corrected chi connectivity index (χ1v) is 6.42. The van der Waals surface area contributed by atoms with Crippen LogP contribution in [0.5, 0.6) is 0 Å². The summed E-state index contributed by atoms with van der Waals surface area (Å²) in [5.74, 6) is -0.907. The Morgan fingerprint density at radius 3 is 2.56 bits per heavy atom. The summed E-state index contributed by atoms with van der Waals surface area (Å²) in [7, 11) is 0. The summed E-state index contributed by atoms with van der Waals surface area (Å²) in [5.41, 5.74) is 15.5. The predicted octanol–water partition coefficient (Wildman–Crippen LogP) is 1.37. The van der Waals surface area contributed by atoms with Crippen molar-refractivity contribution in [2.45, 2.75) is 44.2 Å². The molecule has 5 N–H and O–H groups in total. The van der Waals surface area contributed by atoms with Crippen LogP contribution in [-0.2, 0) is 17.6 Å². The van der Waals surface area contributed by atoms with Crippen LogP contribution in [0.1, 0.15) is 42.0 Å². The zero-order valence-corrected chi connectivity index (χ0v) is 10.4. The fourth-order valence-electron chi connectivity index (χ4n) is 2.54. The Bertz CT molecular complexity index is 445. The van der Waals surface area contributed by atoms with Gasteiger partial charge >= 0.3 is 5.97 Å². The summed E-state index contributed by atoms with van der Waals surface area (Å²) in [6.07, 6.45) is 4.58. The maximum absolute atomic E-state index is 10.6. The van der Waals surface area contributed by atoms with Gasteiger partial charge in [0.2, 0.25) is 0 Å². The number of carbonyl (C=O) groups is 1. The topological polar surface area (TPSA) is 89.3 Å². The van der Waals surface area contributed by atoms with Gasteiger partial charge in [-0.05, 0) is 42.4 Å². The van der Waals surface area contributed by atoms with Crippen molar-refractivity contribution in [3.8, 4) is 0 Å². The molecule has 0 saturated heterocycles. The second-order valence-corrected chi connectivity index (χ2v) is 5.02. The van der Waals surface area contributed by atoms with Crippen LogP contribution in [-0.4, -0.2) is 17.1 Å². The van der Waals surface area contributed by atoms with E-state index in [9.17, 15) is 4.79 Å². The maximum atomic E-state index is 10.6. The molecule has 0 saturated carbocycles. The molecule has 0 aromatic heterocycles. The molecule has 0 aliphatic heterocycles. The second-order valence-electron chi connectivity index (χ2n) is 5.02. The molecule has 0 bridgehead atoms. The van der Waals surface area contributed by atoms with Gasteiger partial charge in [0, 0.05) is 12.1 Å². The van der Waals surface area contributed by atoms with Crippen LogP contribution < -0.4 is 11.5 Å². The van der Waals surface area contributed by atoms with Gasteiger partial charge in [-0.2, -0.15) is 0 Å². The quantitative estimate of drug-likeness (QED) is 0.750. The van der Waals surface area contributed by atoms with Gasteiger partial charge in [-0.3, -0.25) is 4.79 Å². The van der Waals surface area contributed by atoms with Gasteiger partial charge in [0.05, 0.1) is 6.42 Å². The third-order valence-corrected chi connectivity index (χ3v) is 3.63. The number of fused-ring (bicyclic) bond motifs is 1. The molecule has 98 valence electrons. The number of carboxylic acids is 1. The third kappa shape index (κ3) is 2.89. The Labute approximate surface area is 107 Å². The zero-order valence-electron chi connectivity index (χ0n) is 10.4. The van der Waals surface area contributed by atoms with Gasteiger partial charge in [0.15, 0.2) is 0 Å². The van der Waals surface area contributed by atoms with E-state index in [1.165, 1.54) is 24.0 Å². The lowest BCUT2D eigenvalue weighted by Crippen LogP contribution is -2.36. The van der Waals surface area contributed by atoms with Crippen LogP contribution in [0.2, 0.25) is 0 Å². The van der Waals surface area contributed by atoms with E-state index in [-0.39, 0.29) is 6.42 Å². The molecule has 0 radical (unpaired) electrons. The minimum atomic E-state index is -0.907. The first-order chi connectivity index (χ1) is 8.58. The standard InChI is InChI=1S/C14H20N2O2/c15-12(8-13(17)18)14(16)11-6-5-9-3-1-2-4-10(9)7-11/h5-7,12,14H,1-4,8,15-16H2,(H,17,18). The number of rotatable bonds is 4. The lowest BCUT2D eigenvalue weighted by atomic mass is 9.88. The fourth-order valence-corrected chi connectivity index (χ4v) is 2.54. The molecular formula is C14H20N2O2. The lowest BCUT2D eigenvalue weighted by Gasteiger charge is -2.22. The first-order valence-electron chi connectivity index (χ1n) is 6.42. The van der Waals surface area contributed by atoms with Gasteiger partial charge in [-0.25, -0.2) is 0 Å². The van der Waals surface area contributed by atoms with Crippen molar-refractivity contribution >= 4 is 5.97 Å². The highest BCUT2D eigenvalue weighted by Crippen LogP contribution is 2.25. The maximum Gasteiger partial charge on any atom is 0.304 e. The number of nitrogens with two attached hydrogens (primary N) is 2. The summed E-state index contributed by atoms with van der Waals surface area (Å²) in [6, 6.07) is 5.24. The Morgan fingerprint density at radius 1 is 1.22 bits per heavy atom. The third-order valence-electron chi connectivity index (χ3n) is 3.63. The fraction of sp³-hybridized carbons (Fsp3) is 0.500. The van der Waals surface area contributed by atoms with Crippen molar-refractivity contribution in [1.82, 2.24) is 0 Å². The van der Waals surface area contributed by atoms with Crippen molar-refractivity contribution in [3.63, 3.8) is 0 Å². The van der Waals surface area contributed by atoms with E-state index < -0.39 is 18.1 Å². The van der Waals surface area contributed by atoms with Crippen LogP contribution in [0.4, 0.5) is 0 Å². The molecule has 0 fully saturated rings. The second kappa shape index (κ2) is 5.50. The van der Waals surface area contributed by atoms with Gasteiger partial charge in [-0.15, -0.1) is 0 Å². The molecule has 18 heavy (non-hydrogen) atoms. The summed E-state index contributed by atoms with van der Waals surface area (Å²) in [5, 5.41) is 8.74. The number of aliphatic carboxylic acids is 1. The Hall–Kier alpha value is -1.39. The van der Waals surface area contributed by atoms with E-state index in [1.807, 2.05) is 6.07 Å². The van der Waals surface area contributed by atoms with E-state index in [2.05, 4.69) is 12.1 Å². The van der Waals surface area contributed by atoms with Crippen LogP contribution in [0.3, 0.4) is 0 Å². The number of hydrogen-bond acceptors (Lipinski definition) is 3. The molecule has 0 amide bonds. The predicted molar refractivity (Wildman–Crippen MR) is 70.2 cm³/mol. The summed E-state index contributed by atoms with van der Waals surface area (Å²) in [4.78, 5) is 10.6. The van der Waals surface area contributed by atoms with E-state index in [0.717, 1.165) is 18.4 Å². The number of carboxylic acid groups (broad SMARTS) is 1. The molecule has 4 heteroatoms. The summed E-state index contributed by atoms with van der Waals surface area (Å²) in [6.45, 7) is 0. The molecule has 0 heterocycles. The minimum Gasteiger partial charge on any atom is -0.481 e. The Balaban J connectivity index is 2.15. The van der Waals surface area contributed by atoms with Crippen molar-refractivity contribution < 1.29 is 9.90 Å². The smallest absolute Gasteiger partial charge is 0.304 e. The molecule has 2 atom stereocenters. The summed E-state index contributed by atoms with van der Waals surface area (Å²) < 4.78 is 0. The largest absolute Gasteiger partial charge is 0.481 e. The van der Waals surface area contributed by atoms with Crippen LogP contribution >= 0.6 is 0 Å². The lowest BCUT2D eigenvalue weighted by molar-refractivity contribution is -0.137.